The van der Waals surface area contributed by atoms with E-state index in [4.69, 9.17) is 15.9 Å². The summed E-state index contributed by atoms with van der Waals surface area (Å²) in [7, 11) is 2.02. The molecule has 0 spiro atoms. The van der Waals surface area contributed by atoms with Crippen molar-refractivity contribution in [2.45, 2.75) is 25.8 Å². The molecule has 2 heterocycles. The maximum Gasteiger partial charge on any atom is 0.139 e. The van der Waals surface area contributed by atoms with E-state index in [1.54, 1.807) is 6.20 Å². The second kappa shape index (κ2) is 5.35. The van der Waals surface area contributed by atoms with E-state index in [2.05, 4.69) is 9.88 Å². The number of rotatable bonds is 3. The molecule has 98 valence electrons. The van der Waals surface area contributed by atoms with Crippen LogP contribution in [0.4, 0.5) is 5.82 Å². The number of aryl methyl sites for hydroxylation is 1. The standard InChI is InChI=1S/C13H20N4O/c1-9-3-6-16-13(11(9)12(14)15)17(2)10-4-7-18-8-5-10/h3,6,10H,4-5,7-8H2,1-2H3,(H3,14,15). The number of aromatic nitrogens is 1. The van der Waals surface area contributed by atoms with Gasteiger partial charge in [0.15, 0.2) is 0 Å². The Hall–Kier alpha value is -1.62. The zero-order chi connectivity index (χ0) is 13.1. The summed E-state index contributed by atoms with van der Waals surface area (Å²) < 4.78 is 5.37. The molecule has 1 aliphatic heterocycles. The van der Waals surface area contributed by atoms with E-state index in [1.807, 2.05) is 20.0 Å². The van der Waals surface area contributed by atoms with Crippen LogP contribution in [0.25, 0.3) is 0 Å². The monoisotopic (exact) mass is 248 g/mol. The number of nitrogens with zero attached hydrogens (tertiary/aromatic N) is 2. The number of nitrogens with two attached hydrogens (primary N) is 1. The first-order chi connectivity index (χ1) is 8.61. The normalized spacial score (nSPS) is 16.6. The van der Waals surface area contributed by atoms with Gasteiger partial charge in [-0.3, -0.25) is 5.41 Å². The minimum Gasteiger partial charge on any atom is -0.384 e. The maximum atomic E-state index is 7.71. The molecule has 3 N–H and O–H groups in total. The van der Waals surface area contributed by atoms with Gasteiger partial charge in [0.05, 0.1) is 5.56 Å². The molecule has 1 aromatic heterocycles. The van der Waals surface area contributed by atoms with Gasteiger partial charge < -0.3 is 15.4 Å². The van der Waals surface area contributed by atoms with Gasteiger partial charge in [0.25, 0.3) is 0 Å². The Morgan fingerprint density at radius 1 is 1.50 bits per heavy atom. The fraction of sp³-hybridized carbons (Fsp3) is 0.538. The van der Waals surface area contributed by atoms with Crippen LogP contribution < -0.4 is 10.6 Å². The third-order valence-electron chi connectivity index (χ3n) is 3.48. The van der Waals surface area contributed by atoms with E-state index in [-0.39, 0.29) is 5.84 Å². The molecule has 0 aliphatic carbocycles. The molecule has 1 fully saturated rings. The van der Waals surface area contributed by atoms with Crippen LogP contribution in [-0.2, 0) is 4.74 Å². The average Bonchev–Trinajstić information content (AvgIpc) is 2.38. The predicted molar refractivity (Wildman–Crippen MR) is 72.2 cm³/mol. The van der Waals surface area contributed by atoms with Gasteiger partial charge in [0.2, 0.25) is 0 Å². The van der Waals surface area contributed by atoms with Gasteiger partial charge in [0.1, 0.15) is 11.7 Å². The van der Waals surface area contributed by atoms with Crippen molar-refractivity contribution >= 4 is 11.7 Å². The Labute approximate surface area is 107 Å². The van der Waals surface area contributed by atoms with Crippen LogP contribution >= 0.6 is 0 Å². The number of ether oxygens (including phenoxy) is 1. The summed E-state index contributed by atoms with van der Waals surface area (Å²) in [5, 5.41) is 7.71. The molecule has 18 heavy (non-hydrogen) atoms. The van der Waals surface area contributed by atoms with Crippen LogP contribution in [-0.4, -0.2) is 37.1 Å². The highest BCUT2D eigenvalue weighted by Gasteiger charge is 2.22. The summed E-state index contributed by atoms with van der Waals surface area (Å²) >= 11 is 0. The molecular formula is C13H20N4O. The topological polar surface area (TPSA) is 75.2 Å². The summed E-state index contributed by atoms with van der Waals surface area (Å²) in [4.78, 5) is 6.53. The first kappa shape index (κ1) is 12.8. The van der Waals surface area contributed by atoms with Gasteiger partial charge in [-0.2, -0.15) is 0 Å². The van der Waals surface area contributed by atoms with Crippen molar-refractivity contribution in [1.29, 1.82) is 5.41 Å². The lowest BCUT2D eigenvalue weighted by Gasteiger charge is -2.33. The summed E-state index contributed by atoms with van der Waals surface area (Å²) in [6.45, 7) is 3.53. The van der Waals surface area contributed by atoms with Crippen LogP contribution in [0.5, 0.6) is 0 Å². The lowest BCUT2D eigenvalue weighted by atomic mass is 10.0. The largest absolute Gasteiger partial charge is 0.384 e. The molecule has 0 aromatic carbocycles. The van der Waals surface area contributed by atoms with Crippen LogP contribution in [0.3, 0.4) is 0 Å². The summed E-state index contributed by atoms with van der Waals surface area (Å²) in [6.07, 6.45) is 3.75. The van der Waals surface area contributed by atoms with E-state index in [0.717, 1.165) is 43.0 Å². The number of nitrogen functional groups attached to an aromatic ring is 1. The lowest BCUT2D eigenvalue weighted by molar-refractivity contribution is 0.0853. The molecule has 0 saturated carbocycles. The number of anilines is 1. The maximum absolute atomic E-state index is 7.71. The molecule has 5 nitrogen and oxygen atoms in total. The lowest BCUT2D eigenvalue weighted by Crippen LogP contribution is -2.38. The zero-order valence-electron chi connectivity index (χ0n) is 10.9. The first-order valence-corrected chi connectivity index (χ1v) is 6.22. The summed E-state index contributed by atoms with van der Waals surface area (Å²) in [5.74, 6) is 0.879. The second-order valence-electron chi connectivity index (χ2n) is 4.69. The van der Waals surface area contributed by atoms with E-state index in [0.29, 0.717) is 6.04 Å². The highest BCUT2D eigenvalue weighted by Crippen LogP contribution is 2.24. The molecule has 0 bridgehead atoms. The number of pyridine rings is 1. The van der Waals surface area contributed by atoms with E-state index >= 15 is 0 Å². The number of hydrogen-bond acceptors (Lipinski definition) is 4. The quantitative estimate of drug-likeness (QED) is 0.624. The Bertz CT molecular complexity index is 441. The molecule has 0 atom stereocenters. The van der Waals surface area contributed by atoms with Crippen LogP contribution in [0.15, 0.2) is 12.3 Å². The number of amidine groups is 1. The van der Waals surface area contributed by atoms with Crippen LogP contribution in [0, 0.1) is 12.3 Å². The van der Waals surface area contributed by atoms with Gasteiger partial charge >= 0.3 is 0 Å². The Morgan fingerprint density at radius 3 is 2.78 bits per heavy atom. The van der Waals surface area contributed by atoms with Crippen molar-refractivity contribution < 1.29 is 4.74 Å². The van der Waals surface area contributed by atoms with Crippen molar-refractivity contribution in [2.24, 2.45) is 5.73 Å². The first-order valence-electron chi connectivity index (χ1n) is 6.22. The number of nitrogens with one attached hydrogen (secondary N) is 1. The Kier molecular flexibility index (Phi) is 3.81. The predicted octanol–water partition coefficient (Wildman–Crippen LogP) is 1.29. The fourth-order valence-electron chi connectivity index (χ4n) is 2.39. The second-order valence-corrected chi connectivity index (χ2v) is 4.69. The smallest absolute Gasteiger partial charge is 0.139 e. The summed E-state index contributed by atoms with van der Waals surface area (Å²) in [6, 6.07) is 2.30. The minimum absolute atomic E-state index is 0.0782. The van der Waals surface area contributed by atoms with Crippen molar-refractivity contribution in [3.05, 3.63) is 23.4 Å². The van der Waals surface area contributed by atoms with Gasteiger partial charge in [0, 0.05) is 32.5 Å². The zero-order valence-corrected chi connectivity index (χ0v) is 10.9. The van der Waals surface area contributed by atoms with Crippen LogP contribution in [0.1, 0.15) is 24.0 Å². The molecule has 1 aliphatic rings. The van der Waals surface area contributed by atoms with E-state index in [1.165, 1.54) is 0 Å². The van der Waals surface area contributed by atoms with Crippen molar-refractivity contribution in [1.82, 2.24) is 4.98 Å². The molecule has 0 unspecified atom stereocenters. The minimum atomic E-state index is 0.0782. The number of hydrogen-bond donors (Lipinski definition) is 2. The van der Waals surface area contributed by atoms with Crippen molar-refractivity contribution in [2.75, 3.05) is 25.2 Å². The van der Waals surface area contributed by atoms with E-state index in [9.17, 15) is 0 Å². The van der Waals surface area contributed by atoms with Gasteiger partial charge in [-0.1, -0.05) is 0 Å². The average molecular weight is 248 g/mol. The van der Waals surface area contributed by atoms with Crippen molar-refractivity contribution in [3.63, 3.8) is 0 Å². The van der Waals surface area contributed by atoms with E-state index < -0.39 is 0 Å². The molecule has 1 aromatic rings. The molecule has 0 amide bonds. The Balaban J connectivity index is 2.31. The molecular weight excluding hydrogens is 228 g/mol. The SMILES string of the molecule is Cc1ccnc(N(C)C2CCOCC2)c1C(=N)N. The van der Waals surface area contributed by atoms with Gasteiger partial charge in [-0.15, -0.1) is 0 Å². The van der Waals surface area contributed by atoms with Gasteiger partial charge in [-0.05, 0) is 31.4 Å². The summed E-state index contributed by atoms with van der Waals surface area (Å²) in [5.41, 5.74) is 7.41. The van der Waals surface area contributed by atoms with Crippen LogP contribution in [0.2, 0.25) is 0 Å². The third kappa shape index (κ3) is 2.46. The third-order valence-corrected chi connectivity index (χ3v) is 3.48. The molecule has 0 radical (unpaired) electrons. The molecule has 2 rings (SSSR count). The highest BCUT2D eigenvalue weighted by molar-refractivity contribution is 6.01. The fourth-order valence-corrected chi connectivity index (χ4v) is 2.39. The highest BCUT2D eigenvalue weighted by atomic mass is 16.5. The molecule has 1 saturated heterocycles. The Morgan fingerprint density at radius 2 is 2.17 bits per heavy atom. The molecule has 5 heteroatoms. The van der Waals surface area contributed by atoms with Gasteiger partial charge in [-0.25, -0.2) is 4.98 Å². The van der Waals surface area contributed by atoms with Crippen molar-refractivity contribution in [3.8, 4) is 0 Å².